The third kappa shape index (κ3) is 2.54. The summed E-state index contributed by atoms with van der Waals surface area (Å²) in [5.41, 5.74) is 3.92. The van der Waals surface area contributed by atoms with Crippen molar-refractivity contribution in [1.29, 1.82) is 0 Å². The summed E-state index contributed by atoms with van der Waals surface area (Å²) in [5.74, 6) is -0.0952. The number of nitrogens with one attached hydrogen (secondary N) is 2. The van der Waals surface area contributed by atoms with Gasteiger partial charge in [-0.3, -0.25) is 9.78 Å². The summed E-state index contributed by atoms with van der Waals surface area (Å²) in [7, 11) is 0. The third-order valence-electron chi connectivity index (χ3n) is 3.21. The zero-order valence-electron chi connectivity index (χ0n) is 11.2. The topological polar surface area (TPSA) is 57.8 Å². The number of amides is 1. The lowest BCUT2D eigenvalue weighted by molar-refractivity contribution is 0.0950. The van der Waals surface area contributed by atoms with E-state index in [1.165, 1.54) is 5.56 Å². The Morgan fingerprint density at radius 1 is 1.20 bits per heavy atom. The quantitative estimate of drug-likeness (QED) is 0.765. The fraction of sp³-hybridized carbons (Fsp3) is 0.125. The molecule has 100 valence electrons. The van der Waals surface area contributed by atoms with Crippen molar-refractivity contribution >= 4 is 16.8 Å². The zero-order valence-corrected chi connectivity index (χ0v) is 11.2. The standard InChI is InChI=1S/C16H15N3O/c1-11-2-3-15-13(8-11)9-14(19-15)10-18-16(20)12-4-6-17-7-5-12/h2-9,19H,10H2,1H3,(H,18,20). The van der Waals surface area contributed by atoms with Crippen LogP contribution in [0, 0.1) is 6.92 Å². The van der Waals surface area contributed by atoms with Crippen molar-refractivity contribution in [3.8, 4) is 0 Å². The molecule has 2 aromatic heterocycles. The van der Waals surface area contributed by atoms with Crippen LogP contribution < -0.4 is 5.32 Å². The highest BCUT2D eigenvalue weighted by Crippen LogP contribution is 2.16. The number of nitrogens with zero attached hydrogens (tertiary/aromatic N) is 1. The number of fused-ring (bicyclic) bond motifs is 1. The number of pyridine rings is 1. The normalized spacial score (nSPS) is 10.7. The van der Waals surface area contributed by atoms with Gasteiger partial charge in [0.15, 0.2) is 0 Å². The maximum absolute atomic E-state index is 11.9. The summed E-state index contributed by atoms with van der Waals surface area (Å²) < 4.78 is 0. The predicted octanol–water partition coefficient (Wildman–Crippen LogP) is 2.80. The van der Waals surface area contributed by atoms with Crippen molar-refractivity contribution in [3.05, 3.63) is 65.6 Å². The van der Waals surface area contributed by atoms with E-state index < -0.39 is 0 Å². The van der Waals surface area contributed by atoms with Crippen molar-refractivity contribution in [2.24, 2.45) is 0 Å². The van der Waals surface area contributed by atoms with E-state index in [9.17, 15) is 4.79 Å². The van der Waals surface area contributed by atoms with E-state index in [2.05, 4.69) is 46.5 Å². The molecule has 1 amide bonds. The number of hydrogen-bond acceptors (Lipinski definition) is 2. The molecule has 0 radical (unpaired) electrons. The second kappa shape index (κ2) is 5.17. The molecule has 0 saturated carbocycles. The SMILES string of the molecule is Cc1ccc2[nH]c(CNC(=O)c3ccncc3)cc2c1. The van der Waals surface area contributed by atoms with Gasteiger partial charge in [-0.05, 0) is 42.6 Å². The van der Waals surface area contributed by atoms with Gasteiger partial charge in [0.1, 0.15) is 0 Å². The fourth-order valence-electron chi connectivity index (χ4n) is 2.19. The van der Waals surface area contributed by atoms with E-state index in [4.69, 9.17) is 0 Å². The molecule has 0 atom stereocenters. The summed E-state index contributed by atoms with van der Waals surface area (Å²) >= 11 is 0. The molecule has 0 aliphatic heterocycles. The van der Waals surface area contributed by atoms with E-state index in [0.717, 1.165) is 16.6 Å². The van der Waals surface area contributed by atoms with Crippen molar-refractivity contribution < 1.29 is 4.79 Å². The number of aromatic nitrogens is 2. The first-order valence-electron chi connectivity index (χ1n) is 6.49. The highest BCUT2D eigenvalue weighted by atomic mass is 16.1. The Labute approximate surface area is 116 Å². The van der Waals surface area contributed by atoms with Crippen LogP contribution in [0.3, 0.4) is 0 Å². The second-order valence-electron chi connectivity index (χ2n) is 4.80. The van der Waals surface area contributed by atoms with Gasteiger partial charge in [-0.2, -0.15) is 0 Å². The number of hydrogen-bond donors (Lipinski definition) is 2. The Morgan fingerprint density at radius 3 is 2.80 bits per heavy atom. The summed E-state index contributed by atoms with van der Waals surface area (Å²) in [6.07, 6.45) is 3.22. The van der Waals surface area contributed by atoms with Crippen LogP contribution in [0.1, 0.15) is 21.6 Å². The lowest BCUT2D eigenvalue weighted by Gasteiger charge is -2.03. The molecule has 0 aliphatic rings. The van der Waals surface area contributed by atoms with Crippen molar-refractivity contribution in [1.82, 2.24) is 15.3 Å². The van der Waals surface area contributed by atoms with Gasteiger partial charge in [0.05, 0.1) is 6.54 Å². The number of rotatable bonds is 3. The van der Waals surface area contributed by atoms with Crippen LogP contribution in [0.4, 0.5) is 0 Å². The minimum absolute atomic E-state index is 0.0952. The van der Waals surface area contributed by atoms with Gasteiger partial charge in [-0.25, -0.2) is 0 Å². The van der Waals surface area contributed by atoms with Crippen LogP contribution in [-0.4, -0.2) is 15.9 Å². The summed E-state index contributed by atoms with van der Waals surface area (Å²) in [6.45, 7) is 2.55. The van der Waals surface area contributed by atoms with Gasteiger partial charge in [0, 0.05) is 29.2 Å². The van der Waals surface area contributed by atoms with Crippen molar-refractivity contribution in [3.63, 3.8) is 0 Å². The van der Waals surface area contributed by atoms with Gasteiger partial charge >= 0.3 is 0 Å². The number of H-pyrrole nitrogens is 1. The minimum Gasteiger partial charge on any atom is -0.357 e. The highest BCUT2D eigenvalue weighted by molar-refractivity contribution is 5.94. The van der Waals surface area contributed by atoms with Crippen LogP contribution in [0.5, 0.6) is 0 Å². The number of carbonyl (C=O) groups is 1. The van der Waals surface area contributed by atoms with Gasteiger partial charge in [0.2, 0.25) is 0 Å². The first-order valence-corrected chi connectivity index (χ1v) is 6.49. The summed E-state index contributed by atoms with van der Waals surface area (Å²) in [4.78, 5) is 19.1. The summed E-state index contributed by atoms with van der Waals surface area (Å²) in [6, 6.07) is 11.7. The van der Waals surface area contributed by atoms with Crippen molar-refractivity contribution in [2.45, 2.75) is 13.5 Å². The predicted molar refractivity (Wildman–Crippen MR) is 78.4 cm³/mol. The molecular formula is C16H15N3O. The molecule has 0 fully saturated rings. The Balaban J connectivity index is 1.72. The smallest absolute Gasteiger partial charge is 0.251 e. The molecule has 0 saturated heterocycles. The zero-order chi connectivity index (χ0) is 13.9. The van der Waals surface area contributed by atoms with Gasteiger partial charge < -0.3 is 10.3 Å². The third-order valence-corrected chi connectivity index (χ3v) is 3.21. The number of carbonyl (C=O) groups excluding carboxylic acids is 1. The fourth-order valence-corrected chi connectivity index (χ4v) is 2.19. The molecule has 4 nitrogen and oxygen atoms in total. The van der Waals surface area contributed by atoms with Crippen LogP contribution in [0.25, 0.3) is 10.9 Å². The molecular weight excluding hydrogens is 250 g/mol. The van der Waals surface area contributed by atoms with E-state index >= 15 is 0 Å². The van der Waals surface area contributed by atoms with E-state index in [-0.39, 0.29) is 5.91 Å². The van der Waals surface area contributed by atoms with Gasteiger partial charge in [0.25, 0.3) is 5.91 Å². The molecule has 0 unspecified atom stereocenters. The average Bonchev–Trinajstić information content (AvgIpc) is 2.87. The van der Waals surface area contributed by atoms with Crippen LogP contribution >= 0.6 is 0 Å². The van der Waals surface area contributed by atoms with Crippen LogP contribution in [0.15, 0.2) is 48.8 Å². The first kappa shape index (κ1) is 12.4. The average molecular weight is 265 g/mol. The summed E-state index contributed by atoms with van der Waals surface area (Å²) in [5, 5.41) is 4.06. The molecule has 0 spiro atoms. The molecule has 0 bridgehead atoms. The molecule has 2 N–H and O–H groups in total. The van der Waals surface area contributed by atoms with E-state index in [0.29, 0.717) is 12.1 Å². The minimum atomic E-state index is -0.0952. The molecule has 3 aromatic rings. The monoisotopic (exact) mass is 265 g/mol. The number of aryl methyl sites for hydroxylation is 1. The van der Waals surface area contributed by atoms with E-state index in [1.807, 2.05) is 0 Å². The Kier molecular flexibility index (Phi) is 3.21. The van der Waals surface area contributed by atoms with Gasteiger partial charge in [-0.1, -0.05) is 11.6 Å². The van der Waals surface area contributed by atoms with Gasteiger partial charge in [-0.15, -0.1) is 0 Å². The molecule has 1 aromatic carbocycles. The Bertz CT molecular complexity index is 747. The molecule has 0 aliphatic carbocycles. The molecule has 2 heterocycles. The Hall–Kier alpha value is -2.62. The lowest BCUT2D eigenvalue weighted by atomic mass is 10.2. The largest absolute Gasteiger partial charge is 0.357 e. The van der Waals surface area contributed by atoms with Crippen LogP contribution in [-0.2, 0) is 6.54 Å². The maximum Gasteiger partial charge on any atom is 0.251 e. The maximum atomic E-state index is 11.9. The van der Waals surface area contributed by atoms with Crippen molar-refractivity contribution in [2.75, 3.05) is 0 Å². The van der Waals surface area contributed by atoms with E-state index in [1.54, 1.807) is 24.5 Å². The van der Waals surface area contributed by atoms with Crippen LogP contribution in [0.2, 0.25) is 0 Å². The highest BCUT2D eigenvalue weighted by Gasteiger charge is 2.06. The molecule has 4 heteroatoms. The second-order valence-corrected chi connectivity index (χ2v) is 4.80. The first-order chi connectivity index (χ1) is 9.72. The number of aromatic amines is 1. The molecule has 3 rings (SSSR count). The lowest BCUT2D eigenvalue weighted by Crippen LogP contribution is -2.22. The Morgan fingerprint density at radius 2 is 2.00 bits per heavy atom. The molecule has 20 heavy (non-hydrogen) atoms. The number of benzene rings is 1.